The highest BCUT2D eigenvalue weighted by Gasteiger charge is 2.36. The number of ether oxygens (including phenoxy) is 1. The van der Waals surface area contributed by atoms with Crippen LogP contribution in [-0.2, 0) is 14.3 Å². The quantitative estimate of drug-likeness (QED) is 0.553. The van der Waals surface area contributed by atoms with Gasteiger partial charge in [0.25, 0.3) is 0 Å². The molecule has 2 atom stereocenters. The molecule has 7 heteroatoms. The van der Waals surface area contributed by atoms with E-state index in [1.54, 1.807) is 6.92 Å². The molecule has 0 aromatic rings. The van der Waals surface area contributed by atoms with Gasteiger partial charge in [0.1, 0.15) is 0 Å². The van der Waals surface area contributed by atoms with Crippen molar-refractivity contribution in [3.8, 4) is 0 Å². The summed E-state index contributed by atoms with van der Waals surface area (Å²) >= 11 is 0. The summed E-state index contributed by atoms with van der Waals surface area (Å²) in [6.07, 6.45) is 0.776. The Bertz CT molecular complexity index is 372. The van der Waals surface area contributed by atoms with Gasteiger partial charge in [-0.05, 0) is 19.3 Å². The summed E-state index contributed by atoms with van der Waals surface area (Å²) in [6, 6.07) is -0.274. The summed E-state index contributed by atoms with van der Waals surface area (Å²) in [5.41, 5.74) is 0. The molecular weight excluding hydrogens is 264 g/mol. The second-order valence-electron chi connectivity index (χ2n) is 4.97. The minimum Gasteiger partial charge on any atom is -0.481 e. The molecular formula is C13H22N2O5. The molecule has 2 N–H and O–H groups in total. The van der Waals surface area contributed by atoms with E-state index in [4.69, 9.17) is 9.84 Å². The zero-order chi connectivity index (χ0) is 15.1. The SMILES string of the molecule is CCOC(=O)CCCNC(=O)N1CC(C)C(C(=O)O)C1. The van der Waals surface area contributed by atoms with Gasteiger partial charge >= 0.3 is 18.0 Å². The number of hydrogen-bond donors (Lipinski definition) is 2. The van der Waals surface area contributed by atoms with Crippen molar-refractivity contribution in [1.82, 2.24) is 10.2 Å². The van der Waals surface area contributed by atoms with Gasteiger partial charge in [0, 0.05) is 26.1 Å². The summed E-state index contributed by atoms with van der Waals surface area (Å²) in [5.74, 6) is -1.68. The third-order valence-corrected chi connectivity index (χ3v) is 3.36. The van der Waals surface area contributed by atoms with Crippen molar-refractivity contribution in [3.63, 3.8) is 0 Å². The van der Waals surface area contributed by atoms with Crippen LogP contribution in [0.4, 0.5) is 4.79 Å². The molecule has 2 unspecified atom stereocenters. The fourth-order valence-corrected chi connectivity index (χ4v) is 2.23. The van der Waals surface area contributed by atoms with E-state index in [0.29, 0.717) is 26.1 Å². The maximum atomic E-state index is 11.8. The standard InChI is InChI=1S/C13H22N2O5/c1-3-20-11(16)5-4-6-14-13(19)15-7-9(2)10(8-15)12(17)18/h9-10H,3-8H2,1-2H3,(H,14,19)(H,17,18). The van der Waals surface area contributed by atoms with Gasteiger partial charge in [0.05, 0.1) is 12.5 Å². The zero-order valence-corrected chi connectivity index (χ0v) is 11.9. The van der Waals surface area contributed by atoms with Crippen molar-refractivity contribution in [2.24, 2.45) is 11.8 Å². The molecule has 114 valence electrons. The zero-order valence-electron chi connectivity index (χ0n) is 11.9. The average molecular weight is 286 g/mol. The lowest BCUT2D eigenvalue weighted by Crippen LogP contribution is -2.39. The summed E-state index contributed by atoms with van der Waals surface area (Å²) in [6.45, 7) is 4.98. The van der Waals surface area contributed by atoms with Crippen LogP contribution in [0.25, 0.3) is 0 Å². The van der Waals surface area contributed by atoms with Crippen LogP contribution >= 0.6 is 0 Å². The molecule has 0 bridgehead atoms. The van der Waals surface area contributed by atoms with E-state index in [9.17, 15) is 14.4 Å². The summed E-state index contributed by atoms with van der Waals surface area (Å²) in [4.78, 5) is 35.4. The van der Waals surface area contributed by atoms with Crippen LogP contribution in [0.2, 0.25) is 0 Å². The van der Waals surface area contributed by atoms with Crippen molar-refractivity contribution in [2.75, 3.05) is 26.2 Å². The van der Waals surface area contributed by atoms with Crippen LogP contribution < -0.4 is 5.32 Å². The molecule has 0 aromatic carbocycles. The minimum atomic E-state index is -0.866. The number of nitrogens with one attached hydrogen (secondary N) is 1. The largest absolute Gasteiger partial charge is 0.481 e. The normalized spacial score (nSPS) is 21.6. The van der Waals surface area contributed by atoms with E-state index < -0.39 is 11.9 Å². The number of likely N-dealkylation sites (tertiary alicyclic amines) is 1. The molecule has 0 spiro atoms. The average Bonchev–Trinajstić information content (AvgIpc) is 2.77. The number of carboxylic acids is 1. The van der Waals surface area contributed by atoms with Crippen LogP contribution in [0.5, 0.6) is 0 Å². The van der Waals surface area contributed by atoms with Gasteiger partial charge in [-0.1, -0.05) is 6.92 Å². The number of nitrogens with zero attached hydrogens (tertiary/aromatic N) is 1. The van der Waals surface area contributed by atoms with E-state index in [1.807, 2.05) is 6.92 Å². The van der Waals surface area contributed by atoms with Crippen LogP contribution in [-0.4, -0.2) is 54.2 Å². The van der Waals surface area contributed by atoms with Crippen molar-refractivity contribution < 1.29 is 24.2 Å². The Hall–Kier alpha value is -1.79. The second kappa shape index (κ2) is 7.72. The molecule has 20 heavy (non-hydrogen) atoms. The van der Waals surface area contributed by atoms with Gasteiger partial charge in [0.15, 0.2) is 0 Å². The smallest absolute Gasteiger partial charge is 0.317 e. The van der Waals surface area contributed by atoms with E-state index in [1.165, 1.54) is 4.90 Å². The van der Waals surface area contributed by atoms with Crippen LogP contribution in [0.3, 0.4) is 0 Å². The van der Waals surface area contributed by atoms with Crippen molar-refractivity contribution in [2.45, 2.75) is 26.7 Å². The first kappa shape index (κ1) is 16.3. The predicted molar refractivity (Wildman–Crippen MR) is 71.1 cm³/mol. The first-order valence-corrected chi connectivity index (χ1v) is 6.86. The molecule has 2 amide bonds. The molecule has 1 aliphatic rings. The Morgan fingerprint density at radius 3 is 2.60 bits per heavy atom. The van der Waals surface area contributed by atoms with Gasteiger partial charge in [-0.2, -0.15) is 0 Å². The highest BCUT2D eigenvalue weighted by Crippen LogP contribution is 2.22. The molecule has 1 saturated heterocycles. The van der Waals surface area contributed by atoms with E-state index in [-0.39, 0.29) is 30.9 Å². The molecule has 0 aliphatic carbocycles. The Morgan fingerprint density at radius 2 is 2.05 bits per heavy atom. The Labute approximate surface area is 118 Å². The Kier molecular flexibility index (Phi) is 6.27. The number of urea groups is 1. The topological polar surface area (TPSA) is 95.9 Å². The van der Waals surface area contributed by atoms with Crippen molar-refractivity contribution in [1.29, 1.82) is 0 Å². The number of carbonyl (C=O) groups is 3. The number of rotatable bonds is 6. The van der Waals surface area contributed by atoms with Gasteiger partial charge in [-0.15, -0.1) is 0 Å². The van der Waals surface area contributed by atoms with Crippen LogP contribution in [0.15, 0.2) is 0 Å². The van der Waals surface area contributed by atoms with Crippen molar-refractivity contribution in [3.05, 3.63) is 0 Å². The lowest BCUT2D eigenvalue weighted by molar-refractivity contribution is -0.143. The van der Waals surface area contributed by atoms with Crippen molar-refractivity contribution >= 4 is 18.0 Å². The number of carbonyl (C=O) groups excluding carboxylic acids is 2. The van der Waals surface area contributed by atoms with E-state index in [0.717, 1.165) is 0 Å². The Morgan fingerprint density at radius 1 is 1.35 bits per heavy atom. The molecule has 1 aliphatic heterocycles. The second-order valence-corrected chi connectivity index (χ2v) is 4.97. The third-order valence-electron chi connectivity index (χ3n) is 3.36. The number of aliphatic carboxylic acids is 1. The lowest BCUT2D eigenvalue weighted by Gasteiger charge is -2.16. The number of amides is 2. The fourth-order valence-electron chi connectivity index (χ4n) is 2.23. The minimum absolute atomic E-state index is 0.0437. The number of carboxylic acid groups (broad SMARTS) is 1. The first-order chi connectivity index (χ1) is 9.45. The van der Waals surface area contributed by atoms with Gasteiger partial charge < -0.3 is 20.1 Å². The number of esters is 1. The van der Waals surface area contributed by atoms with Gasteiger partial charge in [0.2, 0.25) is 0 Å². The molecule has 0 aromatic heterocycles. The number of hydrogen-bond acceptors (Lipinski definition) is 4. The molecule has 1 rings (SSSR count). The molecule has 1 heterocycles. The predicted octanol–water partition coefficient (Wildman–Crippen LogP) is 0.692. The molecule has 0 radical (unpaired) electrons. The van der Waals surface area contributed by atoms with Gasteiger partial charge in [-0.3, -0.25) is 9.59 Å². The summed E-state index contributed by atoms with van der Waals surface area (Å²) < 4.78 is 4.78. The first-order valence-electron chi connectivity index (χ1n) is 6.86. The van der Waals surface area contributed by atoms with E-state index in [2.05, 4.69) is 5.32 Å². The highest BCUT2D eigenvalue weighted by molar-refractivity contribution is 5.77. The third kappa shape index (κ3) is 4.71. The molecule has 7 nitrogen and oxygen atoms in total. The molecule has 0 saturated carbocycles. The highest BCUT2D eigenvalue weighted by atomic mass is 16.5. The summed E-state index contributed by atoms with van der Waals surface area (Å²) in [7, 11) is 0. The monoisotopic (exact) mass is 286 g/mol. The van der Waals surface area contributed by atoms with Crippen LogP contribution in [0.1, 0.15) is 26.7 Å². The molecule has 1 fully saturated rings. The fraction of sp³-hybridized carbons (Fsp3) is 0.769. The van der Waals surface area contributed by atoms with Gasteiger partial charge in [-0.25, -0.2) is 4.79 Å². The van der Waals surface area contributed by atoms with E-state index >= 15 is 0 Å². The summed E-state index contributed by atoms with van der Waals surface area (Å²) in [5, 5.41) is 11.7. The Balaban J connectivity index is 2.24. The van der Waals surface area contributed by atoms with Crippen LogP contribution in [0, 0.1) is 11.8 Å². The maximum Gasteiger partial charge on any atom is 0.317 e. The maximum absolute atomic E-state index is 11.8. The lowest BCUT2D eigenvalue weighted by atomic mass is 9.99.